The van der Waals surface area contributed by atoms with Gasteiger partial charge < -0.3 is 9.64 Å². The molecule has 0 N–H and O–H groups in total. The summed E-state index contributed by atoms with van der Waals surface area (Å²) in [6.45, 7) is 4.16. The summed E-state index contributed by atoms with van der Waals surface area (Å²) in [4.78, 5) is 23.0. The molecule has 0 atom stereocenters. The molecule has 8 heteroatoms. The van der Waals surface area contributed by atoms with Gasteiger partial charge in [-0.25, -0.2) is 4.98 Å². The van der Waals surface area contributed by atoms with E-state index < -0.39 is 0 Å². The average molecular weight is 478 g/mol. The van der Waals surface area contributed by atoms with Crippen LogP contribution in [0.5, 0.6) is 5.75 Å². The maximum atomic E-state index is 13.1. The minimum absolute atomic E-state index is 0.101. The van der Waals surface area contributed by atoms with E-state index in [1.807, 2.05) is 68.4 Å². The Morgan fingerprint density at radius 2 is 1.94 bits per heavy atom. The van der Waals surface area contributed by atoms with Crippen molar-refractivity contribution >= 4 is 56.0 Å². The quantitative estimate of drug-likeness (QED) is 0.326. The van der Waals surface area contributed by atoms with Gasteiger partial charge >= 0.3 is 0 Å². The number of amides is 1. The molecule has 3 aromatic rings. The number of hydrogen-bond acceptors (Lipinski definition) is 6. The number of thiazole rings is 1. The van der Waals surface area contributed by atoms with Crippen molar-refractivity contribution in [2.45, 2.75) is 24.7 Å². The number of carbonyl (C=O) groups is 1. The predicted octanol–water partition coefficient (Wildman–Crippen LogP) is 5.82. The average Bonchev–Trinajstić information content (AvgIpc) is 3.15. The predicted molar refractivity (Wildman–Crippen MR) is 133 cm³/mol. The van der Waals surface area contributed by atoms with Crippen LogP contribution >= 0.6 is 34.7 Å². The Balaban J connectivity index is 1.71. The number of halogens is 1. The summed E-state index contributed by atoms with van der Waals surface area (Å²) in [6.07, 6.45) is 1.35. The largest absolute Gasteiger partial charge is 0.494 e. The number of ether oxygens (including phenoxy) is 1. The first-order chi connectivity index (χ1) is 15.0. The van der Waals surface area contributed by atoms with Crippen LogP contribution in [-0.4, -0.2) is 55.3 Å². The van der Waals surface area contributed by atoms with E-state index >= 15 is 0 Å². The van der Waals surface area contributed by atoms with Gasteiger partial charge in [-0.05, 0) is 76.4 Å². The van der Waals surface area contributed by atoms with E-state index in [1.54, 1.807) is 23.1 Å². The standard InChI is InChI=1S/C23H28ClN3O2S2/c1-4-29-18-8-11-20-21(16-18)31-23(25-20)27(14-5-13-26(2)3)22(28)12-15-30-19-9-6-17(24)7-10-19/h6-11,16H,4-5,12-15H2,1-3H3. The van der Waals surface area contributed by atoms with E-state index in [0.29, 0.717) is 25.3 Å². The highest BCUT2D eigenvalue weighted by Crippen LogP contribution is 2.32. The van der Waals surface area contributed by atoms with Crippen LogP contribution in [0, 0.1) is 0 Å². The summed E-state index contributed by atoms with van der Waals surface area (Å²) in [5.41, 5.74) is 0.893. The van der Waals surface area contributed by atoms with Crippen LogP contribution in [0.2, 0.25) is 5.02 Å². The van der Waals surface area contributed by atoms with E-state index in [-0.39, 0.29) is 5.91 Å². The highest BCUT2D eigenvalue weighted by molar-refractivity contribution is 7.99. The minimum atomic E-state index is 0.101. The number of hydrogen-bond donors (Lipinski definition) is 0. The van der Waals surface area contributed by atoms with Crippen molar-refractivity contribution in [2.75, 3.05) is 44.4 Å². The summed E-state index contributed by atoms with van der Waals surface area (Å²) < 4.78 is 6.64. The molecule has 0 aliphatic carbocycles. The smallest absolute Gasteiger partial charge is 0.229 e. The molecule has 0 aliphatic rings. The molecule has 0 saturated carbocycles. The molecule has 0 radical (unpaired) electrons. The third-order valence-corrected chi connectivity index (χ3v) is 6.88. The molecule has 1 amide bonds. The van der Waals surface area contributed by atoms with Crippen molar-refractivity contribution < 1.29 is 9.53 Å². The number of anilines is 1. The molecule has 3 rings (SSSR count). The molecular formula is C23H28ClN3O2S2. The maximum Gasteiger partial charge on any atom is 0.229 e. The molecule has 0 fully saturated rings. The molecule has 0 bridgehead atoms. The van der Waals surface area contributed by atoms with Crippen LogP contribution in [0.3, 0.4) is 0 Å². The Morgan fingerprint density at radius 1 is 1.16 bits per heavy atom. The Bertz CT molecular complexity index is 992. The first-order valence-electron chi connectivity index (χ1n) is 10.3. The number of rotatable bonds is 11. The van der Waals surface area contributed by atoms with Gasteiger partial charge in [0.1, 0.15) is 5.75 Å². The SMILES string of the molecule is CCOc1ccc2nc(N(CCCN(C)C)C(=O)CCSc3ccc(Cl)cc3)sc2c1. The fourth-order valence-corrected chi connectivity index (χ4v) is 5.06. The van der Waals surface area contributed by atoms with Crippen LogP contribution in [0.1, 0.15) is 19.8 Å². The molecule has 1 aromatic heterocycles. The van der Waals surface area contributed by atoms with Crippen molar-refractivity contribution in [3.05, 3.63) is 47.5 Å². The Hall–Kier alpha value is -1.80. The molecule has 31 heavy (non-hydrogen) atoms. The molecule has 0 spiro atoms. The third-order valence-electron chi connectivity index (χ3n) is 4.58. The molecule has 0 aliphatic heterocycles. The van der Waals surface area contributed by atoms with Gasteiger partial charge in [-0.15, -0.1) is 11.8 Å². The van der Waals surface area contributed by atoms with Gasteiger partial charge in [-0.3, -0.25) is 9.69 Å². The van der Waals surface area contributed by atoms with Crippen LogP contribution in [-0.2, 0) is 4.79 Å². The lowest BCUT2D eigenvalue weighted by Crippen LogP contribution is -2.33. The highest BCUT2D eigenvalue weighted by atomic mass is 35.5. The molecule has 1 heterocycles. The van der Waals surface area contributed by atoms with E-state index in [4.69, 9.17) is 21.3 Å². The zero-order valence-corrected chi connectivity index (χ0v) is 20.5. The van der Waals surface area contributed by atoms with Crippen LogP contribution in [0.4, 0.5) is 5.13 Å². The summed E-state index contributed by atoms with van der Waals surface area (Å²) >= 11 is 9.16. The maximum absolute atomic E-state index is 13.1. The van der Waals surface area contributed by atoms with Gasteiger partial charge in [0.2, 0.25) is 5.91 Å². The Morgan fingerprint density at radius 3 is 2.65 bits per heavy atom. The van der Waals surface area contributed by atoms with Gasteiger partial charge in [-0.1, -0.05) is 22.9 Å². The zero-order valence-electron chi connectivity index (χ0n) is 18.1. The molecule has 166 valence electrons. The summed E-state index contributed by atoms with van der Waals surface area (Å²) in [5.74, 6) is 1.64. The second kappa shape index (κ2) is 11.7. The van der Waals surface area contributed by atoms with Crippen molar-refractivity contribution in [2.24, 2.45) is 0 Å². The molecular weight excluding hydrogens is 450 g/mol. The third kappa shape index (κ3) is 7.10. The summed E-state index contributed by atoms with van der Waals surface area (Å²) in [5, 5.41) is 1.47. The minimum Gasteiger partial charge on any atom is -0.494 e. The monoisotopic (exact) mass is 477 g/mol. The van der Waals surface area contributed by atoms with Gasteiger partial charge in [0.05, 0.1) is 16.8 Å². The normalized spacial score (nSPS) is 11.3. The molecule has 2 aromatic carbocycles. The van der Waals surface area contributed by atoms with Gasteiger partial charge in [-0.2, -0.15) is 0 Å². The number of carbonyl (C=O) groups excluding carboxylic acids is 1. The van der Waals surface area contributed by atoms with Gasteiger partial charge in [0.25, 0.3) is 0 Å². The first-order valence-corrected chi connectivity index (χ1v) is 12.5. The Kier molecular flexibility index (Phi) is 9.02. The Labute approximate surface area is 197 Å². The zero-order chi connectivity index (χ0) is 22.2. The lowest BCUT2D eigenvalue weighted by Gasteiger charge is -2.21. The van der Waals surface area contributed by atoms with Crippen LogP contribution < -0.4 is 9.64 Å². The van der Waals surface area contributed by atoms with Crippen molar-refractivity contribution in [3.63, 3.8) is 0 Å². The highest BCUT2D eigenvalue weighted by Gasteiger charge is 2.20. The number of aromatic nitrogens is 1. The fourth-order valence-electron chi connectivity index (χ4n) is 3.06. The molecule has 0 saturated heterocycles. The van der Waals surface area contributed by atoms with Gasteiger partial charge in [0.15, 0.2) is 5.13 Å². The van der Waals surface area contributed by atoms with Crippen molar-refractivity contribution in [3.8, 4) is 5.75 Å². The van der Waals surface area contributed by atoms with E-state index in [2.05, 4.69) is 4.90 Å². The number of benzene rings is 2. The van der Waals surface area contributed by atoms with Crippen molar-refractivity contribution in [1.29, 1.82) is 0 Å². The number of thioether (sulfide) groups is 1. The fraction of sp³-hybridized carbons (Fsp3) is 0.391. The summed E-state index contributed by atoms with van der Waals surface area (Å²) in [6, 6.07) is 13.6. The lowest BCUT2D eigenvalue weighted by atomic mass is 10.3. The van der Waals surface area contributed by atoms with E-state index in [1.165, 1.54) is 0 Å². The topological polar surface area (TPSA) is 45.7 Å². The van der Waals surface area contributed by atoms with Crippen molar-refractivity contribution in [1.82, 2.24) is 9.88 Å². The van der Waals surface area contributed by atoms with E-state index in [0.717, 1.165) is 44.0 Å². The first kappa shape index (κ1) is 23.9. The lowest BCUT2D eigenvalue weighted by molar-refractivity contribution is -0.118. The van der Waals surface area contributed by atoms with E-state index in [9.17, 15) is 4.79 Å². The molecule has 5 nitrogen and oxygen atoms in total. The number of fused-ring (bicyclic) bond motifs is 1. The van der Waals surface area contributed by atoms with Crippen LogP contribution in [0.15, 0.2) is 47.4 Å². The van der Waals surface area contributed by atoms with Gasteiger partial charge in [0, 0.05) is 28.6 Å². The second-order valence-electron chi connectivity index (χ2n) is 7.31. The molecule has 0 unspecified atom stereocenters. The second-order valence-corrected chi connectivity index (χ2v) is 9.93. The number of nitrogens with zero attached hydrogens (tertiary/aromatic N) is 3. The van der Waals surface area contributed by atoms with Crippen LogP contribution in [0.25, 0.3) is 10.2 Å². The summed E-state index contributed by atoms with van der Waals surface area (Å²) in [7, 11) is 4.09.